The Hall–Kier alpha value is -2.47. The van der Waals surface area contributed by atoms with E-state index in [1.165, 1.54) is 0 Å². The van der Waals surface area contributed by atoms with Gasteiger partial charge in [-0.25, -0.2) is 13.2 Å². The van der Waals surface area contributed by atoms with Crippen LogP contribution in [-0.2, 0) is 12.6 Å². The Labute approximate surface area is 137 Å². The van der Waals surface area contributed by atoms with E-state index < -0.39 is 53.6 Å². The van der Waals surface area contributed by atoms with E-state index in [0.29, 0.717) is 6.20 Å². The van der Waals surface area contributed by atoms with E-state index in [2.05, 4.69) is 0 Å². The molecule has 1 aliphatic rings. The maximum Gasteiger partial charge on any atom is 0.418 e. The summed E-state index contributed by atoms with van der Waals surface area (Å²) in [5.41, 5.74) is -2.78. The van der Waals surface area contributed by atoms with Gasteiger partial charge in [0, 0.05) is 29.6 Å². The zero-order valence-corrected chi connectivity index (χ0v) is 12.4. The Kier molecular flexibility index (Phi) is 3.84. The minimum Gasteiger partial charge on any atom is -0.382 e. The normalized spacial score (nSPS) is 19.4. The van der Waals surface area contributed by atoms with Crippen molar-refractivity contribution < 1.29 is 31.4 Å². The van der Waals surface area contributed by atoms with Crippen LogP contribution in [0.3, 0.4) is 0 Å². The van der Waals surface area contributed by atoms with Crippen molar-refractivity contribution in [2.75, 3.05) is 0 Å². The molecular weight excluding hydrogens is 350 g/mol. The van der Waals surface area contributed by atoms with Gasteiger partial charge in [0.1, 0.15) is 18.0 Å². The predicted octanol–water partition coefficient (Wildman–Crippen LogP) is 4.12. The first-order valence-electron chi connectivity index (χ1n) is 7.13. The van der Waals surface area contributed by atoms with Gasteiger partial charge in [0.15, 0.2) is 0 Å². The summed E-state index contributed by atoms with van der Waals surface area (Å²) in [6, 6.07) is 4.63. The molecule has 1 atom stereocenters. The van der Waals surface area contributed by atoms with Crippen molar-refractivity contribution in [3.05, 3.63) is 52.6 Å². The average molecular weight is 360 g/mol. The van der Waals surface area contributed by atoms with Gasteiger partial charge in [-0.1, -0.05) is 0 Å². The van der Waals surface area contributed by atoms with Gasteiger partial charge in [0.2, 0.25) is 0 Å². The molecule has 1 N–H and O–H groups in total. The summed E-state index contributed by atoms with van der Waals surface area (Å²) < 4.78 is 81.6. The van der Waals surface area contributed by atoms with Crippen LogP contribution in [-0.4, -0.2) is 15.6 Å². The molecule has 1 aromatic carbocycles. The SMILES string of the molecule is N#Cc1cc(-n2cc(C(F)(F)F)c3c2CCC(F)(F)[C@H]3O)ccc1F. The molecular formula is C16H10F6N2O. The number of rotatable bonds is 1. The molecule has 3 rings (SSSR count). The van der Waals surface area contributed by atoms with Crippen molar-refractivity contribution in [2.45, 2.75) is 31.0 Å². The van der Waals surface area contributed by atoms with Crippen molar-refractivity contribution in [2.24, 2.45) is 0 Å². The maximum atomic E-state index is 13.7. The van der Waals surface area contributed by atoms with Gasteiger partial charge in [-0.15, -0.1) is 0 Å². The van der Waals surface area contributed by atoms with E-state index in [0.717, 1.165) is 22.8 Å². The van der Waals surface area contributed by atoms with Crippen LogP contribution in [0.1, 0.15) is 34.9 Å². The highest BCUT2D eigenvalue weighted by molar-refractivity contribution is 5.49. The smallest absolute Gasteiger partial charge is 0.382 e. The summed E-state index contributed by atoms with van der Waals surface area (Å²) in [6.07, 6.45) is -8.19. The van der Waals surface area contributed by atoms with E-state index in [1.807, 2.05) is 0 Å². The van der Waals surface area contributed by atoms with Crippen LogP contribution in [0, 0.1) is 17.1 Å². The quantitative estimate of drug-likeness (QED) is 0.778. The lowest BCUT2D eigenvalue weighted by atomic mass is 9.89. The molecule has 0 aliphatic heterocycles. The molecule has 1 aliphatic carbocycles. The average Bonchev–Trinajstić information content (AvgIpc) is 2.92. The standard InChI is InChI=1S/C16H10F6N2O/c17-11-2-1-9(5-8(11)6-23)24-7-10(16(20,21)22)13-12(24)3-4-15(18,19)14(13)25/h1-2,5,7,14,25H,3-4H2/t14-/m0/s1. The molecule has 132 valence electrons. The van der Waals surface area contributed by atoms with E-state index in [9.17, 15) is 31.4 Å². The summed E-state index contributed by atoms with van der Waals surface area (Å²) in [5.74, 6) is -4.53. The predicted molar refractivity (Wildman–Crippen MR) is 73.7 cm³/mol. The molecule has 3 nitrogen and oxygen atoms in total. The number of aliphatic hydroxyl groups is 1. The van der Waals surface area contributed by atoms with Gasteiger partial charge in [0.05, 0.1) is 11.1 Å². The minimum absolute atomic E-state index is 0.0158. The Morgan fingerprint density at radius 1 is 1.28 bits per heavy atom. The second kappa shape index (κ2) is 5.52. The van der Waals surface area contributed by atoms with Crippen molar-refractivity contribution in [1.29, 1.82) is 5.26 Å². The zero-order valence-electron chi connectivity index (χ0n) is 12.4. The molecule has 0 spiro atoms. The van der Waals surface area contributed by atoms with Crippen molar-refractivity contribution in [3.63, 3.8) is 0 Å². The summed E-state index contributed by atoms with van der Waals surface area (Å²) >= 11 is 0. The van der Waals surface area contributed by atoms with Gasteiger partial charge in [-0.3, -0.25) is 0 Å². The Balaban J connectivity index is 2.26. The number of alkyl halides is 5. The highest BCUT2D eigenvalue weighted by atomic mass is 19.4. The van der Waals surface area contributed by atoms with E-state index in [1.54, 1.807) is 6.07 Å². The lowest BCUT2D eigenvalue weighted by molar-refractivity contribution is -0.147. The molecule has 25 heavy (non-hydrogen) atoms. The van der Waals surface area contributed by atoms with Crippen LogP contribution < -0.4 is 0 Å². The lowest BCUT2D eigenvalue weighted by Gasteiger charge is -2.29. The molecule has 0 fully saturated rings. The lowest BCUT2D eigenvalue weighted by Crippen LogP contribution is -2.33. The molecule has 9 heteroatoms. The minimum atomic E-state index is -4.96. The Bertz CT molecular complexity index is 878. The number of halogens is 6. The van der Waals surface area contributed by atoms with Gasteiger partial charge < -0.3 is 9.67 Å². The van der Waals surface area contributed by atoms with Crippen LogP contribution in [0.15, 0.2) is 24.4 Å². The molecule has 0 amide bonds. The van der Waals surface area contributed by atoms with Crippen LogP contribution >= 0.6 is 0 Å². The molecule has 1 heterocycles. The van der Waals surface area contributed by atoms with Crippen molar-refractivity contribution in [3.8, 4) is 11.8 Å². The Morgan fingerprint density at radius 3 is 2.56 bits per heavy atom. The van der Waals surface area contributed by atoms with Crippen LogP contribution in [0.25, 0.3) is 5.69 Å². The number of aromatic nitrogens is 1. The zero-order chi connectivity index (χ0) is 18.6. The summed E-state index contributed by atoms with van der Waals surface area (Å²) in [6.45, 7) is 0. The first-order valence-corrected chi connectivity index (χ1v) is 7.13. The fourth-order valence-electron chi connectivity index (χ4n) is 2.96. The van der Waals surface area contributed by atoms with Crippen molar-refractivity contribution in [1.82, 2.24) is 4.57 Å². The van der Waals surface area contributed by atoms with E-state index >= 15 is 0 Å². The van der Waals surface area contributed by atoms with E-state index in [-0.39, 0.29) is 11.4 Å². The number of hydrogen-bond donors (Lipinski definition) is 1. The summed E-state index contributed by atoms with van der Waals surface area (Å²) in [7, 11) is 0. The molecule has 2 aromatic rings. The number of aliphatic hydroxyl groups excluding tert-OH is 1. The molecule has 0 saturated carbocycles. The van der Waals surface area contributed by atoms with Crippen LogP contribution in [0.5, 0.6) is 0 Å². The number of nitriles is 1. The fourth-order valence-corrected chi connectivity index (χ4v) is 2.96. The van der Waals surface area contributed by atoms with Crippen LogP contribution in [0.2, 0.25) is 0 Å². The van der Waals surface area contributed by atoms with Gasteiger partial charge in [-0.05, 0) is 24.6 Å². The number of nitrogens with zero attached hydrogens (tertiary/aromatic N) is 2. The molecule has 0 unspecified atom stereocenters. The summed E-state index contributed by atoms with van der Waals surface area (Å²) in [5, 5.41) is 18.6. The Morgan fingerprint density at radius 2 is 1.96 bits per heavy atom. The third-order valence-electron chi connectivity index (χ3n) is 4.17. The van der Waals surface area contributed by atoms with Gasteiger partial charge in [0.25, 0.3) is 5.92 Å². The van der Waals surface area contributed by atoms with Gasteiger partial charge >= 0.3 is 6.18 Å². The first kappa shape index (κ1) is 17.4. The second-order valence-electron chi connectivity index (χ2n) is 5.71. The van der Waals surface area contributed by atoms with Crippen LogP contribution in [0.4, 0.5) is 26.3 Å². The highest BCUT2D eigenvalue weighted by Crippen LogP contribution is 2.48. The van der Waals surface area contributed by atoms with Crippen molar-refractivity contribution >= 4 is 0 Å². The highest BCUT2D eigenvalue weighted by Gasteiger charge is 2.50. The molecule has 0 saturated heterocycles. The second-order valence-corrected chi connectivity index (χ2v) is 5.71. The van der Waals surface area contributed by atoms with Gasteiger partial charge in [-0.2, -0.15) is 18.4 Å². The third kappa shape index (κ3) is 2.76. The third-order valence-corrected chi connectivity index (χ3v) is 4.17. The first-order chi connectivity index (χ1) is 11.6. The number of hydrogen-bond acceptors (Lipinski definition) is 2. The monoisotopic (exact) mass is 360 g/mol. The summed E-state index contributed by atoms with van der Waals surface area (Å²) in [4.78, 5) is 0. The number of fused-ring (bicyclic) bond motifs is 1. The largest absolute Gasteiger partial charge is 0.418 e. The number of benzene rings is 1. The fraction of sp³-hybridized carbons (Fsp3) is 0.312. The van der Waals surface area contributed by atoms with E-state index in [4.69, 9.17) is 5.26 Å². The molecule has 0 radical (unpaired) electrons. The maximum absolute atomic E-state index is 13.7. The molecule has 1 aromatic heterocycles. The molecule has 0 bridgehead atoms. The topological polar surface area (TPSA) is 49.0 Å².